The van der Waals surface area contributed by atoms with Gasteiger partial charge in [0.15, 0.2) is 0 Å². The normalized spacial score (nSPS) is 18.7. The standard InChI is InChI=1S/C18H20N2O4S/c21-17(19-10-12-24-13-11-19)8-3-9-20-15-6-1-4-14-5-2-7-16(18(14)15)25(20,22)23/h1-2,4-7H,3,8-13H2. The van der Waals surface area contributed by atoms with Crippen LogP contribution in [0.5, 0.6) is 0 Å². The summed E-state index contributed by atoms with van der Waals surface area (Å²) in [6.45, 7) is 2.69. The van der Waals surface area contributed by atoms with E-state index in [0.29, 0.717) is 56.3 Å². The van der Waals surface area contributed by atoms with Crippen molar-refractivity contribution in [2.24, 2.45) is 0 Å². The lowest BCUT2D eigenvalue weighted by atomic mass is 10.1. The lowest BCUT2D eigenvalue weighted by Crippen LogP contribution is -2.41. The van der Waals surface area contributed by atoms with E-state index in [2.05, 4.69) is 0 Å². The molecule has 0 N–H and O–H groups in total. The molecule has 0 atom stereocenters. The maximum Gasteiger partial charge on any atom is 0.265 e. The van der Waals surface area contributed by atoms with E-state index in [1.807, 2.05) is 24.3 Å². The van der Waals surface area contributed by atoms with Crippen molar-refractivity contribution in [3.63, 3.8) is 0 Å². The van der Waals surface area contributed by atoms with E-state index < -0.39 is 10.0 Å². The molecule has 0 spiro atoms. The van der Waals surface area contributed by atoms with Crippen LogP contribution >= 0.6 is 0 Å². The van der Waals surface area contributed by atoms with Gasteiger partial charge in [0.2, 0.25) is 5.91 Å². The molecule has 1 fully saturated rings. The number of hydrogen-bond acceptors (Lipinski definition) is 4. The van der Waals surface area contributed by atoms with Gasteiger partial charge in [-0.2, -0.15) is 0 Å². The fourth-order valence-corrected chi connectivity index (χ4v) is 5.29. The average molecular weight is 360 g/mol. The van der Waals surface area contributed by atoms with Gasteiger partial charge in [0, 0.05) is 31.4 Å². The molecule has 2 heterocycles. The summed E-state index contributed by atoms with van der Waals surface area (Å²) in [4.78, 5) is 14.4. The van der Waals surface area contributed by atoms with Gasteiger partial charge < -0.3 is 9.64 Å². The van der Waals surface area contributed by atoms with E-state index >= 15 is 0 Å². The highest BCUT2D eigenvalue weighted by Gasteiger charge is 2.35. The monoisotopic (exact) mass is 360 g/mol. The van der Waals surface area contributed by atoms with Crippen LogP contribution in [0.2, 0.25) is 0 Å². The molecule has 1 saturated heterocycles. The van der Waals surface area contributed by atoms with E-state index in [-0.39, 0.29) is 5.91 Å². The molecule has 25 heavy (non-hydrogen) atoms. The van der Waals surface area contributed by atoms with Gasteiger partial charge >= 0.3 is 0 Å². The molecule has 0 saturated carbocycles. The van der Waals surface area contributed by atoms with Crippen molar-refractivity contribution in [1.82, 2.24) is 4.90 Å². The van der Waals surface area contributed by atoms with Gasteiger partial charge in [-0.25, -0.2) is 8.42 Å². The Morgan fingerprint density at radius 2 is 1.80 bits per heavy atom. The number of ether oxygens (including phenoxy) is 1. The first-order valence-corrected chi connectivity index (χ1v) is 9.93. The molecule has 2 aromatic rings. The third kappa shape index (κ3) is 2.77. The summed E-state index contributed by atoms with van der Waals surface area (Å²) in [7, 11) is -3.53. The van der Waals surface area contributed by atoms with Crippen molar-refractivity contribution >= 4 is 32.4 Å². The Bertz CT molecular complexity index is 915. The maximum absolute atomic E-state index is 12.9. The van der Waals surface area contributed by atoms with Crippen molar-refractivity contribution in [1.29, 1.82) is 0 Å². The second-order valence-electron chi connectivity index (χ2n) is 6.31. The largest absolute Gasteiger partial charge is 0.378 e. The molecule has 1 amide bonds. The molecule has 0 aromatic heterocycles. The van der Waals surface area contributed by atoms with Gasteiger partial charge in [-0.05, 0) is 23.9 Å². The summed E-state index contributed by atoms with van der Waals surface area (Å²) < 4.78 is 32.4. The lowest BCUT2D eigenvalue weighted by Gasteiger charge is -2.27. The minimum absolute atomic E-state index is 0.0654. The molecule has 4 rings (SSSR count). The van der Waals surface area contributed by atoms with E-state index in [9.17, 15) is 13.2 Å². The zero-order valence-corrected chi connectivity index (χ0v) is 14.7. The van der Waals surface area contributed by atoms with Crippen molar-refractivity contribution in [2.45, 2.75) is 17.7 Å². The fourth-order valence-electron chi connectivity index (χ4n) is 3.54. The van der Waals surface area contributed by atoms with Crippen LogP contribution in [0.1, 0.15) is 12.8 Å². The lowest BCUT2D eigenvalue weighted by molar-refractivity contribution is -0.135. The van der Waals surface area contributed by atoms with Gasteiger partial charge in [-0.3, -0.25) is 9.10 Å². The van der Waals surface area contributed by atoms with Gasteiger partial charge in [0.25, 0.3) is 10.0 Å². The van der Waals surface area contributed by atoms with E-state index in [1.165, 1.54) is 4.31 Å². The van der Waals surface area contributed by atoms with Gasteiger partial charge in [-0.1, -0.05) is 24.3 Å². The molecular formula is C18H20N2O4S. The summed E-state index contributed by atoms with van der Waals surface area (Å²) in [5, 5.41) is 1.70. The molecule has 2 aliphatic heterocycles. The van der Waals surface area contributed by atoms with Crippen molar-refractivity contribution < 1.29 is 17.9 Å². The van der Waals surface area contributed by atoms with Gasteiger partial charge in [-0.15, -0.1) is 0 Å². The highest BCUT2D eigenvalue weighted by atomic mass is 32.2. The van der Waals surface area contributed by atoms with Crippen molar-refractivity contribution in [2.75, 3.05) is 37.2 Å². The zero-order chi connectivity index (χ0) is 17.4. The van der Waals surface area contributed by atoms with Crippen LogP contribution in [-0.2, 0) is 19.6 Å². The fraction of sp³-hybridized carbons (Fsp3) is 0.389. The average Bonchev–Trinajstić information content (AvgIpc) is 2.86. The molecular weight excluding hydrogens is 340 g/mol. The number of benzene rings is 2. The van der Waals surface area contributed by atoms with Crippen LogP contribution in [-0.4, -0.2) is 52.1 Å². The summed E-state index contributed by atoms with van der Waals surface area (Å²) in [5.74, 6) is 0.0654. The number of sulfonamides is 1. The molecule has 132 valence electrons. The highest BCUT2D eigenvalue weighted by molar-refractivity contribution is 7.93. The first kappa shape index (κ1) is 16.4. The highest BCUT2D eigenvalue weighted by Crippen LogP contribution is 2.41. The topological polar surface area (TPSA) is 66.9 Å². The van der Waals surface area contributed by atoms with Crippen LogP contribution in [0, 0.1) is 0 Å². The summed E-state index contributed by atoms with van der Waals surface area (Å²) in [5.41, 5.74) is 0.715. The summed E-state index contributed by atoms with van der Waals surface area (Å²) in [6.07, 6.45) is 0.845. The van der Waals surface area contributed by atoms with Gasteiger partial charge in [0.1, 0.15) is 0 Å². The number of nitrogens with zero attached hydrogens (tertiary/aromatic N) is 2. The Kier molecular flexibility index (Phi) is 4.13. The van der Waals surface area contributed by atoms with E-state index in [0.717, 1.165) is 10.8 Å². The second-order valence-corrected chi connectivity index (χ2v) is 8.14. The second kappa shape index (κ2) is 6.31. The Morgan fingerprint density at radius 1 is 1.08 bits per heavy atom. The molecule has 0 aliphatic carbocycles. The Balaban J connectivity index is 1.50. The Labute approximate surface area is 147 Å². The molecule has 0 bridgehead atoms. The summed E-state index contributed by atoms with van der Waals surface area (Å²) >= 11 is 0. The maximum atomic E-state index is 12.9. The molecule has 0 unspecified atom stereocenters. The number of amides is 1. The Morgan fingerprint density at radius 3 is 2.56 bits per heavy atom. The molecule has 2 aliphatic rings. The van der Waals surface area contributed by atoms with Crippen LogP contribution in [0.4, 0.5) is 5.69 Å². The molecule has 6 nitrogen and oxygen atoms in total. The van der Waals surface area contributed by atoms with Crippen molar-refractivity contribution in [3.05, 3.63) is 36.4 Å². The number of hydrogen-bond donors (Lipinski definition) is 0. The predicted octanol–water partition coefficient (Wildman–Crippen LogP) is 1.99. The number of carbonyl (C=O) groups excluding carboxylic acids is 1. The SMILES string of the molecule is O=C(CCCN1c2cccc3cccc(c23)S1(=O)=O)N1CCOCC1. The molecule has 2 aromatic carbocycles. The summed E-state index contributed by atoms with van der Waals surface area (Å²) in [6, 6.07) is 11.0. The number of rotatable bonds is 4. The third-order valence-electron chi connectivity index (χ3n) is 4.80. The predicted molar refractivity (Wildman–Crippen MR) is 95.1 cm³/mol. The minimum atomic E-state index is -3.53. The van der Waals surface area contributed by atoms with Gasteiger partial charge in [0.05, 0.1) is 23.8 Å². The van der Waals surface area contributed by atoms with Crippen LogP contribution in [0.3, 0.4) is 0 Å². The van der Waals surface area contributed by atoms with Crippen molar-refractivity contribution in [3.8, 4) is 0 Å². The minimum Gasteiger partial charge on any atom is -0.378 e. The number of carbonyl (C=O) groups is 1. The first-order valence-electron chi connectivity index (χ1n) is 8.49. The van der Waals surface area contributed by atoms with Crippen LogP contribution in [0.15, 0.2) is 41.3 Å². The van der Waals surface area contributed by atoms with E-state index in [1.54, 1.807) is 17.0 Å². The number of anilines is 1. The molecule has 0 radical (unpaired) electrons. The van der Waals surface area contributed by atoms with E-state index in [4.69, 9.17) is 4.74 Å². The smallest absolute Gasteiger partial charge is 0.265 e. The van der Waals surface area contributed by atoms with Crippen LogP contribution < -0.4 is 4.31 Å². The quantitative estimate of drug-likeness (QED) is 0.836. The zero-order valence-electron chi connectivity index (χ0n) is 13.8. The Hall–Kier alpha value is -2.12. The number of morpholine rings is 1. The van der Waals surface area contributed by atoms with Crippen LogP contribution in [0.25, 0.3) is 10.8 Å². The molecule has 7 heteroatoms. The third-order valence-corrected chi connectivity index (χ3v) is 6.65. The first-order chi connectivity index (χ1) is 12.1.